The molecule has 0 bridgehead atoms. The fraction of sp³-hybridized carbons (Fsp3) is 0.762. The SMILES string of the molecule is CCCC(=O)O[C@H]1C[C@](C)(OC(C)=O)C2CC(O)C(C)=C2[C@@H]2OC(=O)[C@@](C)(O)[C@@]12O. The van der Waals surface area contributed by atoms with Crippen LogP contribution in [-0.2, 0) is 28.6 Å². The summed E-state index contributed by atoms with van der Waals surface area (Å²) >= 11 is 0. The number of esters is 3. The van der Waals surface area contributed by atoms with Gasteiger partial charge in [-0.25, -0.2) is 4.79 Å². The van der Waals surface area contributed by atoms with E-state index < -0.39 is 58.9 Å². The molecule has 0 amide bonds. The maximum Gasteiger partial charge on any atom is 0.341 e. The van der Waals surface area contributed by atoms with E-state index in [0.29, 0.717) is 17.6 Å². The summed E-state index contributed by atoms with van der Waals surface area (Å²) in [6.45, 7) is 7.40. The van der Waals surface area contributed by atoms with Gasteiger partial charge in [-0.2, -0.15) is 0 Å². The fourth-order valence-corrected chi connectivity index (χ4v) is 5.14. The van der Waals surface area contributed by atoms with Crippen LogP contribution in [0.5, 0.6) is 0 Å². The highest BCUT2D eigenvalue weighted by atomic mass is 16.6. The van der Waals surface area contributed by atoms with Crippen molar-refractivity contribution in [3.8, 4) is 0 Å². The number of aliphatic hydroxyl groups is 3. The first-order valence-electron chi connectivity index (χ1n) is 10.2. The number of aliphatic hydroxyl groups excluding tert-OH is 1. The molecular weight excluding hydrogens is 396 g/mol. The second-order valence-electron chi connectivity index (χ2n) is 8.96. The highest BCUT2D eigenvalue weighted by Gasteiger charge is 2.74. The molecule has 0 aromatic carbocycles. The molecule has 1 aliphatic heterocycles. The van der Waals surface area contributed by atoms with Crippen LogP contribution in [0.1, 0.15) is 60.3 Å². The molecule has 0 aromatic heterocycles. The Kier molecular flexibility index (Phi) is 5.54. The maximum atomic E-state index is 12.5. The third-order valence-corrected chi connectivity index (χ3v) is 6.80. The van der Waals surface area contributed by atoms with Crippen LogP contribution in [0.3, 0.4) is 0 Å². The molecule has 9 heteroatoms. The average molecular weight is 426 g/mol. The first-order chi connectivity index (χ1) is 13.8. The first kappa shape index (κ1) is 22.7. The Morgan fingerprint density at radius 3 is 2.47 bits per heavy atom. The second-order valence-corrected chi connectivity index (χ2v) is 8.96. The Labute approximate surface area is 175 Å². The molecule has 2 aliphatic carbocycles. The van der Waals surface area contributed by atoms with Gasteiger partial charge in [0.05, 0.1) is 6.10 Å². The summed E-state index contributed by atoms with van der Waals surface area (Å²) in [5.41, 5.74) is -5.15. The number of rotatable bonds is 4. The van der Waals surface area contributed by atoms with Gasteiger partial charge in [0.25, 0.3) is 0 Å². The summed E-state index contributed by atoms with van der Waals surface area (Å²) in [4.78, 5) is 36.8. The zero-order chi connectivity index (χ0) is 22.6. The van der Waals surface area contributed by atoms with Crippen molar-refractivity contribution in [2.75, 3.05) is 0 Å². The number of carbonyl (C=O) groups is 3. The van der Waals surface area contributed by atoms with Crippen LogP contribution < -0.4 is 0 Å². The van der Waals surface area contributed by atoms with Crippen LogP contribution in [0.25, 0.3) is 0 Å². The standard InChI is InChI=1S/C21H30O9/c1-6-7-15(24)28-14-9-19(4,30-11(3)22)12-8-13(23)10(2)16(12)17-21(14,27)20(5,26)18(25)29-17/h12-14,17,23,26-27H,6-9H2,1-5H3/t12?,13?,14-,17-,19-,20+,21+/m0/s1. The molecule has 3 rings (SSSR count). The lowest BCUT2D eigenvalue weighted by molar-refractivity contribution is -0.210. The molecule has 1 saturated carbocycles. The summed E-state index contributed by atoms with van der Waals surface area (Å²) in [7, 11) is 0. The molecule has 30 heavy (non-hydrogen) atoms. The highest BCUT2D eigenvalue weighted by molar-refractivity contribution is 5.85. The summed E-state index contributed by atoms with van der Waals surface area (Å²) < 4.78 is 16.6. The molecule has 0 aromatic rings. The lowest BCUT2D eigenvalue weighted by Crippen LogP contribution is -2.64. The number of carbonyl (C=O) groups excluding carboxylic acids is 3. The molecule has 3 N–H and O–H groups in total. The van der Waals surface area contributed by atoms with Gasteiger partial charge >= 0.3 is 17.9 Å². The molecule has 2 fully saturated rings. The monoisotopic (exact) mass is 426 g/mol. The molecule has 1 saturated heterocycles. The smallest absolute Gasteiger partial charge is 0.341 e. The maximum absolute atomic E-state index is 12.5. The van der Waals surface area contributed by atoms with Crippen LogP contribution in [-0.4, -0.2) is 68.3 Å². The van der Waals surface area contributed by atoms with E-state index in [1.54, 1.807) is 20.8 Å². The number of fused-ring (bicyclic) bond motifs is 3. The second kappa shape index (κ2) is 7.32. The van der Waals surface area contributed by atoms with E-state index in [1.165, 1.54) is 6.92 Å². The number of hydrogen-bond donors (Lipinski definition) is 3. The molecule has 0 radical (unpaired) electrons. The third-order valence-electron chi connectivity index (χ3n) is 6.80. The highest BCUT2D eigenvalue weighted by Crippen LogP contribution is 2.56. The minimum absolute atomic E-state index is 0.0718. The molecular formula is C21H30O9. The first-order valence-corrected chi connectivity index (χ1v) is 10.2. The molecule has 3 aliphatic rings. The van der Waals surface area contributed by atoms with E-state index in [2.05, 4.69) is 0 Å². The van der Waals surface area contributed by atoms with Gasteiger partial charge in [0.2, 0.25) is 0 Å². The van der Waals surface area contributed by atoms with Gasteiger partial charge in [-0.15, -0.1) is 0 Å². The molecule has 9 nitrogen and oxygen atoms in total. The van der Waals surface area contributed by atoms with Gasteiger partial charge in [0.1, 0.15) is 11.7 Å². The number of hydrogen-bond acceptors (Lipinski definition) is 9. The summed E-state index contributed by atoms with van der Waals surface area (Å²) in [6.07, 6.45) is -3.09. The van der Waals surface area contributed by atoms with Crippen molar-refractivity contribution in [2.24, 2.45) is 5.92 Å². The summed E-state index contributed by atoms with van der Waals surface area (Å²) in [6, 6.07) is 0. The van der Waals surface area contributed by atoms with Crippen LogP contribution in [0.2, 0.25) is 0 Å². The normalized spacial score (nSPS) is 42.9. The van der Waals surface area contributed by atoms with Gasteiger partial charge < -0.3 is 29.5 Å². The Morgan fingerprint density at radius 2 is 1.90 bits per heavy atom. The largest absolute Gasteiger partial charge is 0.459 e. The molecule has 1 heterocycles. The minimum atomic E-state index is -2.39. The van der Waals surface area contributed by atoms with Gasteiger partial charge in [-0.3, -0.25) is 9.59 Å². The molecule has 0 spiro atoms. The van der Waals surface area contributed by atoms with Crippen molar-refractivity contribution >= 4 is 17.9 Å². The molecule has 7 atom stereocenters. The molecule has 168 valence electrons. The van der Waals surface area contributed by atoms with E-state index >= 15 is 0 Å². The predicted octanol–water partition coefficient (Wildman–Crippen LogP) is 0.529. The Hall–Kier alpha value is -1.97. The van der Waals surface area contributed by atoms with E-state index in [1.807, 2.05) is 0 Å². The van der Waals surface area contributed by atoms with Crippen LogP contribution in [0.15, 0.2) is 11.1 Å². The number of ether oxygens (including phenoxy) is 3. The zero-order valence-corrected chi connectivity index (χ0v) is 17.9. The van der Waals surface area contributed by atoms with Crippen molar-refractivity contribution in [1.82, 2.24) is 0 Å². The van der Waals surface area contributed by atoms with E-state index in [4.69, 9.17) is 14.2 Å². The zero-order valence-electron chi connectivity index (χ0n) is 17.9. The van der Waals surface area contributed by atoms with Crippen molar-refractivity contribution in [3.63, 3.8) is 0 Å². The average Bonchev–Trinajstić information content (AvgIpc) is 2.98. The predicted molar refractivity (Wildman–Crippen MR) is 102 cm³/mol. The van der Waals surface area contributed by atoms with Crippen molar-refractivity contribution in [1.29, 1.82) is 0 Å². The van der Waals surface area contributed by atoms with Gasteiger partial charge in [-0.05, 0) is 44.8 Å². The topological polar surface area (TPSA) is 140 Å². The van der Waals surface area contributed by atoms with Crippen LogP contribution in [0, 0.1) is 5.92 Å². The van der Waals surface area contributed by atoms with Crippen molar-refractivity contribution in [3.05, 3.63) is 11.1 Å². The van der Waals surface area contributed by atoms with Crippen molar-refractivity contribution in [2.45, 2.75) is 95.4 Å². The quantitative estimate of drug-likeness (QED) is 0.334. The third kappa shape index (κ3) is 3.14. The lowest BCUT2D eigenvalue weighted by atomic mass is 9.75. The van der Waals surface area contributed by atoms with Crippen molar-refractivity contribution < 1.29 is 43.9 Å². The Balaban J connectivity index is 2.21. The molecule has 2 unspecified atom stereocenters. The summed E-state index contributed by atoms with van der Waals surface area (Å²) in [5.74, 6) is -2.86. The van der Waals surface area contributed by atoms with Gasteiger partial charge in [0.15, 0.2) is 17.3 Å². The van der Waals surface area contributed by atoms with Crippen LogP contribution >= 0.6 is 0 Å². The lowest BCUT2D eigenvalue weighted by Gasteiger charge is -2.41. The van der Waals surface area contributed by atoms with Gasteiger partial charge in [0, 0.05) is 25.7 Å². The Morgan fingerprint density at radius 1 is 1.27 bits per heavy atom. The summed E-state index contributed by atoms with van der Waals surface area (Å²) in [5, 5.41) is 33.2. The van der Waals surface area contributed by atoms with E-state index in [9.17, 15) is 29.7 Å². The van der Waals surface area contributed by atoms with E-state index in [-0.39, 0.29) is 19.3 Å². The van der Waals surface area contributed by atoms with Gasteiger partial charge in [-0.1, -0.05) is 6.92 Å². The minimum Gasteiger partial charge on any atom is -0.459 e. The Bertz CT molecular complexity index is 800. The fourth-order valence-electron chi connectivity index (χ4n) is 5.14. The van der Waals surface area contributed by atoms with Crippen LogP contribution in [0.4, 0.5) is 0 Å². The van der Waals surface area contributed by atoms with E-state index in [0.717, 1.165) is 6.92 Å².